The number of phosphoric ester groups is 1. The fourth-order valence-electron chi connectivity index (χ4n) is 8.31. The van der Waals surface area contributed by atoms with Gasteiger partial charge in [-0.25, -0.2) is 0 Å². The molecule has 0 aliphatic carbocycles. The number of ether oxygens (including phenoxy) is 1. The first-order valence-corrected chi connectivity index (χ1v) is 32.7. The molecule has 0 aliphatic heterocycles. The number of quaternary nitrogens is 1. The second kappa shape index (κ2) is 56.0. The monoisotopic (exact) mass is 1090 g/mol. The van der Waals surface area contributed by atoms with E-state index in [0.717, 1.165) is 96.3 Å². The molecular weight excluding hydrogens is 976 g/mol. The zero-order chi connectivity index (χ0) is 56.4. The highest BCUT2D eigenvalue weighted by Crippen LogP contribution is 2.38. The maximum absolute atomic E-state index is 13.5. The Hall–Kier alpha value is -3.33. The molecule has 0 fully saturated rings. The Morgan fingerprint density at radius 2 is 0.792 bits per heavy atom. The van der Waals surface area contributed by atoms with E-state index in [-0.39, 0.29) is 31.3 Å². The number of rotatable bonds is 55. The summed E-state index contributed by atoms with van der Waals surface area (Å²) in [5.41, 5.74) is 0. The molecule has 0 aliphatic rings. The minimum absolute atomic E-state index is 0.0396. The number of amides is 1. The molecular formula is C67H117N2O7P. The van der Waals surface area contributed by atoms with Gasteiger partial charge in [-0.15, -0.1) is 0 Å². The number of carbonyl (C=O) groups excluding carboxylic acids is 2. The Kier molecular flexibility index (Phi) is 53.5. The van der Waals surface area contributed by atoms with Crippen LogP contribution < -0.4 is 10.2 Å². The molecule has 0 radical (unpaired) electrons. The smallest absolute Gasteiger partial charge is 0.306 e. The number of phosphoric acid groups is 1. The van der Waals surface area contributed by atoms with Crippen LogP contribution in [0.2, 0.25) is 0 Å². The van der Waals surface area contributed by atoms with Crippen LogP contribution in [0.5, 0.6) is 0 Å². The molecule has 0 spiro atoms. The Bertz CT molecular complexity index is 1690. The highest BCUT2D eigenvalue weighted by Gasteiger charge is 2.27. The van der Waals surface area contributed by atoms with Crippen molar-refractivity contribution in [3.8, 4) is 0 Å². The minimum atomic E-state index is -4.72. The Morgan fingerprint density at radius 1 is 0.455 bits per heavy atom. The molecule has 0 aromatic heterocycles. The predicted octanol–water partition coefficient (Wildman–Crippen LogP) is 18.7. The largest absolute Gasteiger partial charge is 0.756 e. The Balaban J connectivity index is 5.43. The van der Waals surface area contributed by atoms with Crippen molar-refractivity contribution in [2.75, 3.05) is 40.9 Å². The van der Waals surface area contributed by atoms with Crippen molar-refractivity contribution >= 4 is 19.7 Å². The molecule has 0 aromatic carbocycles. The van der Waals surface area contributed by atoms with Crippen LogP contribution in [0.25, 0.3) is 0 Å². The van der Waals surface area contributed by atoms with Gasteiger partial charge in [0, 0.05) is 12.8 Å². The zero-order valence-corrected chi connectivity index (χ0v) is 51.3. The third-order valence-electron chi connectivity index (χ3n) is 13.2. The molecule has 0 aromatic rings. The van der Waals surface area contributed by atoms with E-state index in [4.69, 9.17) is 13.8 Å². The van der Waals surface area contributed by atoms with Gasteiger partial charge in [0.15, 0.2) is 0 Å². The lowest BCUT2D eigenvalue weighted by atomic mass is 10.0. The second-order valence-electron chi connectivity index (χ2n) is 21.8. The van der Waals surface area contributed by atoms with E-state index in [2.05, 4.69) is 123 Å². The molecule has 10 heteroatoms. The van der Waals surface area contributed by atoms with E-state index >= 15 is 0 Å². The van der Waals surface area contributed by atoms with Gasteiger partial charge in [-0.1, -0.05) is 227 Å². The van der Waals surface area contributed by atoms with Crippen LogP contribution in [0.4, 0.5) is 0 Å². The SMILES string of the molecule is CCCCC/C=C\C/C=C\C/C=C\C/C=C\CCCCCC(=O)NC(COP(=O)([O-])OCC[N+](C)(C)C)C(/C=C/CCCCCCCCCCCCC)OC(=O)CCCCC/C=C\C/C=C\C/C=C\C/C=C\CCCCC. The van der Waals surface area contributed by atoms with Crippen molar-refractivity contribution in [1.29, 1.82) is 0 Å². The summed E-state index contributed by atoms with van der Waals surface area (Å²) in [6.07, 6.45) is 76.2. The van der Waals surface area contributed by atoms with Gasteiger partial charge in [-0.05, 0) is 122 Å². The van der Waals surface area contributed by atoms with Gasteiger partial charge >= 0.3 is 5.97 Å². The van der Waals surface area contributed by atoms with Crippen LogP contribution in [0.1, 0.15) is 252 Å². The van der Waals surface area contributed by atoms with Crippen LogP contribution in [0.15, 0.2) is 109 Å². The molecule has 442 valence electrons. The number of nitrogens with one attached hydrogen (secondary N) is 1. The second-order valence-corrected chi connectivity index (χ2v) is 23.3. The summed E-state index contributed by atoms with van der Waals surface area (Å²) in [7, 11) is 1.13. The molecule has 0 saturated heterocycles. The highest BCUT2D eigenvalue weighted by molar-refractivity contribution is 7.45. The summed E-state index contributed by atoms with van der Waals surface area (Å²) < 4.78 is 30.3. The molecule has 0 heterocycles. The summed E-state index contributed by atoms with van der Waals surface area (Å²) in [6.45, 7) is 6.73. The number of carbonyl (C=O) groups is 2. The van der Waals surface area contributed by atoms with Crippen molar-refractivity contribution in [2.45, 2.75) is 264 Å². The summed E-state index contributed by atoms with van der Waals surface area (Å²) >= 11 is 0. The Labute approximate surface area is 474 Å². The molecule has 0 rings (SSSR count). The van der Waals surface area contributed by atoms with Crippen molar-refractivity contribution < 1.29 is 37.3 Å². The topological polar surface area (TPSA) is 114 Å². The molecule has 77 heavy (non-hydrogen) atoms. The number of hydrogen-bond acceptors (Lipinski definition) is 7. The average Bonchev–Trinajstić information content (AvgIpc) is 3.39. The number of unbranched alkanes of at least 4 members (excludes halogenated alkanes) is 23. The van der Waals surface area contributed by atoms with E-state index < -0.39 is 26.6 Å². The quantitative estimate of drug-likeness (QED) is 0.0212. The number of likely N-dealkylation sites (N-methyl/N-ethyl adjacent to an activating group) is 1. The molecule has 0 bridgehead atoms. The van der Waals surface area contributed by atoms with E-state index in [1.807, 2.05) is 33.3 Å². The number of allylic oxidation sites excluding steroid dienone is 17. The van der Waals surface area contributed by atoms with Crippen molar-refractivity contribution in [1.82, 2.24) is 5.32 Å². The highest BCUT2D eigenvalue weighted by atomic mass is 31.2. The van der Waals surface area contributed by atoms with Gasteiger partial charge in [-0.2, -0.15) is 0 Å². The van der Waals surface area contributed by atoms with Crippen LogP contribution >= 0.6 is 7.82 Å². The van der Waals surface area contributed by atoms with Crippen molar-refractivity contribution in [2.24, 2.45) is 0 Å². The predicted molar refractivity (Wildman–Crippen MR) is 330 cm³/mol. The van der Waals surface area contributed by atoms with Gasteiger partial charge < -0.3 is 28.5 Å². The fraction of sp³-hybridized carbons (Fsp3) is 0.701. The van der Waals surface area contributed by atoms with Gasteiger partial charge in [0.25, 0.3) is 7.82 Å². The van der Waals surface area contributed by atoms with Crippen LogP contribution in [-0.2, 0) is 27.9 Å². The number of nitrogens with zero attached hydrogens (tertiary/aromatic N) is 1. The maximum atomic E-state index is 13.5. The van der Waals surface area contributed by atoms with Crippen LogP contribution in [-0.4, -0.2) is 69.4 Å². The first-order chi connectivity index (χ1) is 37.4. The van der Waals surface area contributed by atoms with Gasteiger partial charge in [0.05, 0.1) is 33.8 Å². The summed E-state index contributed by atoms with van der Waals surface area (Å²) in [5.74, 6) is -0.618. The lowest BCUT2D eigenvalue weighted by Crippen LogP contribution is -2.47. The fourth-order valence-corrected chi connectivity index (χ4v) is 9.03. The molecule has 0 saturated carbocycles. The lowest BCUT2D eigenvalue weighted by molar-refractivity contribution is -0.870. The minimum Gasteiger partial charge on any atom is -0.756 e. The van der Waals surface area contributed by atoms with E-state index in [1.54, 1.807) is 0 Å². The van der Waals surface area contributed by atoms with Gasteiger partial charge in [0.1, 0.15) is 19.3 Å². The van der Waals surface area contributed by atoms with Crippen molar-refractivity contribution in [3.05, 3.63) is 109 Å². The summed E-state index contributed by atoms with van der Waals surface area (Å²) in [5, 5.41) is 3.00. The average molecular weight is 1090 g/mol. The number of hydrogen-bond donors (Lipinski definition) is 1. The van der Waals surface area contributed by atoms with Crippen molar-refractivity contribution in [3.63, 3.8) is 0 Å². The molecule has 3 unspecified atom stereocenters. The van der Waals surface area contributed by atoms with Crippen LogP contribution in [0, 0.1) is 0 Å². The normalized spacial score (nSPS) is 14.4. The standard InChI is InChI=1S/C67H117N2O7P/c1-7-10-13-16-19-22-25-28-30-32-34-36-38-41-44-47-50-53-56-59-66(70)68-64(63-75-77(72,73)74-62-61-69(4,5)6)65(58-55-52-49-46-43-40-27-24-21-18-15-12-9-3)76-67(71)60-57-54-51-48-45-42-39-37-35-33-31-29-26-23-20-17-14-11-8-2/h19-20,22-23,28-31,34-37,41-42,44-45,55,58,64-65H,7-18,21,24-27,32-33,38-40,43,46-54,56-57,59-63H2,1-6H3,(H-,68,70,72,73)/b22-19-,23-20-,30-28-,31-29-,36-34-,37-35-,44-41-,45-42-,58-55+. The summed E-state index contributed by atoms with van der Waals surface area (Å²) in [4.78, 5) is 40.0. The first kappa shape index (κ1) is 73.7. The Morgan fingerprint density at radius 3 is 1.21 bits per heavy atom. The van der Waals surface area contributed by atoms with E-state index in [0.29, 0.717) is 23.9 Å². The summed E-state index contributed by atoms with van der Waals surface area (Å²) in [6, 6.07) is -0.926. The zero-order valence-electron chi connectivity index (χ0n) is 50.4. The van der Waals surface area contributed by atoms with E-state index in [1.165, 1.54) is 109 Å². The van der Waals surface area contributed by atoms with Gasteiger partial charge in [0.2, 0.25) is 5.91 Å². The molecule has 1 amide bonds. The first-order valence-electron chi connectivity index (χ1n) is 31.2. The maximum Gasteiger partial charge on any atom is 0.306 e. The molecule has 3 atom stereocenters. The number of esters is 1. The van der Waals surface area contributed by atoms with Gasteiger partial charge in [-0.3, -0.25) is 14.2 Å². The molecule has 1 N–H and O–H groups in total. The van der Waals surface area contributed by atoms with Crippen LogP contribution in [0.3, 0.4) is 0 Å². The van der Waals surface area contributed by atoms with E-state index in [9.17, 15) is 19.0 Å². The third kappa shape index (κ3) is 57.2. The molecule has 9 nitrogen and oxygen atoms in total. The lowest BCUT2D eigenvalue weighted by Gasteiger charge is -2.30. The third-order valence-corrected chi connectivity index (χ3v) is 14.1.